The van der Waals surface area contributed by atoms with Crippen molar-refractivity contribution < 1.29 is 4.42 Å². The number of nitrogen functional groups attached to an aromatic ring is 1. The third kappa shape index (κ3) is 1.54. The van der Waals surface area contributed by atoms with Crippen LogP contribution in [0.2, 0.25) is 0 Å². The zero-order valence-corrected chi connectivity index (χ0v) is 9.51. The number of hydrogen-bond donors (Lipinski definition) is 1. The van der Waals surface area contributed by atoms with Crippen molar-refractivity contribution in [2.75, 3.05) is 5.73 Å². The van der Waals surface area contributed by atoms with Crippen molar-refractivity contribution >= 4 is 16.8 Å². The molecule has 3 aromatic rings. The number of nitrogens with zero attached hydrogens (tertiary/aromatic N) is 4. The SMILES string of the molecule is Cc1nc(C)n(-c2nc3ccc(N)cc3o2)n1. The summed E-state index contributed by atoms with van der Waals surface area (Å²) in [5, 5.41) is 4.22. The van der Waals surface area contributed by atoms with Gasteiger partial charge in [-0.3, -0.25) is 0 Å². The molecule has 0 radical (unpaired) electrons. The molecule has 2 N–H and O–H groups in total. The van der Waals surface area contributed by atoms with E-state index >= 15 is 0 Å². The van der Waals surface area contributed by atoms with Crippen molar-refractivity contribution in [3.63, 3.8) is 0 Å². The van der Waals surface area contributed by atoms with Crippen LogP contribution in [0, 0.1) is 13.8 Å². The quantitative estimate of drug-likeness (QED) is 0.641. The van der Waals surface area contributed by atoms with Crippen LogP contribution < -0.4 is 5.73 Å². The number of nitrogens with two attached hydrogens (primary N) is 1. The van der Waals surface area contributed by atoms with Gasteiger partial charge in [-0.2, -0.15) is 9.67 Å². The monoisotopic (exact) mass is 229 g/mol. The van der Waals surface area contributed by atoms with Gasteiger partial charge in [-0.25, -0.2) is 4.98 Å². The van der Waals surface area contributed by atoms with E-state index in [4.69, 9.17) is 10.2 Å². The van der Waals surface area contributed by atoms with E-state index in [1.807, 2.05) is 19.9 Å². The van der Waals surface area contributed by atoms with Crippen molar-refractivity contribution in [2.24, 2.45) is 0 Å². The van der Waals surface area contributed by atoms with Gasteiger partial charge in [0.2, 0.25) is 0 Å². The normalized spacial score (nSPS) is 11.2. The lowest BCUT2D eigenvalue weighted by molar-refractivity contribution is 0.536. The number of rotatable bonds is 1. The lowest BCUT2D eigenvalue weighted by Gasteiger charge is -1.93. The van der Waals surface area contributed by atoms with Gasteiger partial charge in [0.15, 0.2) is 5.58 Å². The zero-order chi connectivity index (χ0) is 12.0. The molecule has 3 rings (SSSR count). The van der Waals surface area contributed by atoms with Gasteiger partial charge in [-0.15, -0.1) is 5.10 Å². The summed E-state index contributed by atoms with van der Waals surface area (Å²) in [7, 11) is 0. The molecule has 17 heavy (non-hydrogen) atoms. The molecule has 86 valence electrons. The molecular weight excluding hydrogens is 218 g/mol. The first-order valence-electron chi connectivity index (χ1n) is 5.20. The van der Waals surface area contributed by atoms with Crippen molar-refractivity contribution in [1.82, 2.24) is 19.7 Å². The fraction of sp³-hybridized carbons (Fsp3) is 0.182. The Labute approximate surface area is 97.1 Å². The average molecular weight is 229 g/mol. The first kappa shape index (κ1) is 9.83. The highest BCUT2D eigenvalue weighted by atomic mass is 16.4. The summed E-state index contributed by atoms with van der Waals surface area (Å²) in [6, 6.07) is 5.75. The fourth-order valence-corrected chi connectivity index (χ4v) is 1.72. The highest BCUT2D eigenvalue weighted by molar-refractivity contribution is 5.77. The second-order valence-corrected chi connectivity index (χ2v) is 3.84. The molecule has 0 bridgehead atoms. The standard InChI is InChI=1S/C11H11N5O/c1-6-13-7(2)16(15-6)11-14-9-4-3-8(12)5-10(9)17-11/h3-5H,12H2,1-2H3. The van der Waals surface area contributed by atoms with Crippen LogP contribution in [0.15, 0.2) is 22.6 Å². The predicted octanol–water partition coefficient (Wildman–Crippen LogP) is 1.61. The van der Waals surface area contributed by atoms with Crippen LogP contribution in [0.1, 0.15) is 11.6 Å². The molecule has 6 nitrogen and oxygen atoms in total. The lowest BCUT2D eigenvalue weighted by Crippen LogP contribution is -1.99. The topological polar surface area (TPSA) is 82.8 Å². The highest BCUT2D eigenvalue weighted by Gasteiger charge is 2.12. The lowest BCUT2D eigenvalue weighted by atomic mass is 10.3. The van der Waals surface area contributed by atoms with Crippen molar-refractivity contribution in [2.45, 2.75) is 13.8 Å². The Morgan fingerprint density at radius 3 is 2.76 bits per heavy atom. The summed E-state index contributed by atoms with van der Waals surface area (Å²) in [5.74, 6) is 1.42. The Bertz CT molecular complexity index is 697. The van der Waals surface area contributed by atoms with Gasteiger partial charge in [0.1, 0.15) is 17.2 Å². The van der Waals surface area contributed by atoms with Gasteiger partial charge in [0.05, 0.1) is 0 Å². The van der Waals surface area contributed by atoms with Crippen LogP contribution in [0.5, 0.6) is 0 Å². The van der Waals surface area contributed by atoms with Crippen LogP contribution in [0.4, 0.5) is 5.69 Å². The zero-order valence-electron chi connectivity index (χ0n) is 9.51. The molecular formula is C11H11N5O. The number of benzene rings is 1. The second kappa shape index (κ2) is 3.31. The summed E-state index contributed by atoms with van der Waals surface area (Å²) in [5.41, 5.74) is 7.73. The molecule has 1 aromatic carbocycles. The molecule has 0 saturated carbocycles. The average Bonchev–Trinajstić information content (AvgIpc) is 2.80. The minimum atomic E-state index is 0.406. The molecule has 0 saturated heterocycles. The van der Waals surface area contributed by atoms with Crippen molar-refractivity contribution in [3.05, 3.63) is 29.8 Å². The molecule has 6 heteroatoms. The maximum atomic E-state index is 5.68. The van der Waals surface area contributed by atoms with Gasteiger partial charge >= 0.3 is 6.01 Å². The third-order valence-corrected chi connectivity index (χ3v) is 2.46. The van der Waals surface area contributed by atoms with Gasteiger partial charge in [-0.05, 0) is 26.0 Å². The summed E-state index contributed by atoms with van der Waals surface area (Å²) < 4.78 is 7.17. The minimum absolute atomic E-state index is 0.406. The Balaban J connectivity index is 2.21. The molecule has 0 fully saturated rings. The summed E-state index contributed by atoms with van der Waals surface area (Å²) in [4.78, 5) is 8.54. The largest absolute Gasteiger partial charge is 0.422 e. The maximum absolute atomic E-state index is 5.68. The Morgan fingerprint density at radius 2 is 2.06 bits per heavy atom. The Morgan fingerprint density at radius 1 is 1.24 bits per heavy atom. The molecule has 0 spiro atoms. The number of hydrogen-bond acceptors (Lipinski definition) is 5. The third-order valence-electron chi connectivity index (χ3n) is 2.46. The number of oxazole rings is 1. The van der Waals surface area contributed by atoms with Crippen LogP contribution in [-0.2, 0) is 0 Å². The predicted molar refractivity (Wildman–Crippen MR) is 62.8 cm³/mol. The van der Waals surface area contributed by atoms with Crippen LogP contribution in [-0.4, -0.2) is 19.7 Å². The smallest absolute Gasteiger partial charge is 0.325 e. The number of aromatic nitrogens is 4. The molecule has 2 heterocycles. The van der Waals surface area contributed by atoms with Crippen LogP contribution in [0.3, 0.4) is 0 Å². The van der Waals surface area contributed by atoms with E-state index in [-0.39, 0.29) is 0 Å². The maximum Gasteiger partial charge on any atom is 0.325 e. The molecule has 0 unspecified atom stereocenters. The van der Waals surface area contributed by atoms with Crippen molar-refractivity contribution in [1.29, 1.82) is 0 Å². The highest BCUT2D eigenvalue weighted by Crippen LogP contribution is 2.20. The fourth-order valence-electron chi connectivity index (χ4n) is 1.72. The van der Waals surface area contributed by atoms with E-state index in [9.17, 15) is 0 Å². The minimum Gasteiger partial charge on any atom is -0.422 e. The van der Waals surface area contributed by atoms with Gasteiger partial charge in [0.25, 0.3) is 0 Å². The van der Waals surface area contributed by atoms with Crippen LogP contribution >= 0.6 is 0 Å². The molecule has 0 aliphatic carbocycles. The van der Waals surface area contributed by atoms with Crippen LogP contribution in [0.25, 0.3) is 17.1 Å². The first-order chi connectivity index (χ1) is 8.13. The first-order valence-corrected chi connectivity index (χ1v) is 5.20. The molecule has 0 aliphatic heterocycles. The number of fused-ring (bicyclic) bond motifs is 1. The van der Waals surface area contributed by atoms with Crippen molar-refractivity contribution in [3.8, 4) is 6.01 Å². The molecule has 0 atom stereocenters. The van der Waals surface area contributed by atoms with Gasteiger partial charge in [0, 0.05) is 11.8 Å². The Kier molecular flexibility index (Phi) is 1.91. The van der Waals surface area contributed by atoms with E-state index in [1.54, 1.807) is 16.8 Å². The van der Waals surface area contributed by atoms with Gasteiger partial charge < -0.3 is 10.2 Å². The van der Waals surface area contributed by atoms with E-state index < -0.39 is 0 Å². The molecule has 2 aromatic heterocycles. The summed E-state index contributed by atoms with van der Waals surface area (Å²) >= 11 is 0. The molecule has 0 aliphatic rings. The Hall–Kier alpha value is -2.37. The van der Waals surface area contributed by atoms with E-state index in [2.05, 4.69) is 15.1 Å². The number of aryl methyl sites for hydroxylation is 2. The number of anilines is 1. The molecule has 0 amide bonds. The summed E-state index contributed by atoms with van der Waals surface area (Å²) in [6.07, 6.45) is 0. The second-order valence-electron chi connectivity index (χ2n) is 3.84. The van der Waals surface area contributed by atoms with Gasteiger partial charge in [-0.1, -0.05) is 0 Å². The van der Waals surface area contributed by atoms with E-state index in [1.165, 1.54) is 0 Å². The van der Waals surface area contributed by atoms with E-state index in [0.717, 1.165) is 11.3 Å². The van der Waals surface area contributed by atoms with E-state index in [0.29, 0.717) is 23.1 Å². The summed E-state index contributed by atoms with van der Waals surface area (Å²) in [6.45, 7) is 3.67.